The zero-order valence-corrected chi connectivity index (χ0v) is 10.8. The minimum absolute atomic E-state index is 0.111. The Morgan fingerprint density at radius 2 is 2.35 bits per heavy atom. The summed E-state index contributed by atoms with van der Waals surface area (Å²) in [6, 6.07) is 0. The monoisotopic (exact) mass is 235 g/mol. The highest BCUT2D eigenvalue weighted by Gasteiger charge is 2.34. The maximum Gasteiger partial charge on any atom is 0.106 e. The number of rotatable bonds is 1. The van der Waals surface area contributed by atoms with E-state index < -0.39 is 0 Å². The van der Waals surface area contributed by atoms with Gasteiger partial charge in [0.25, 0.3) is 0 Å². The van der Waals surface area contributed by atoms with E-state index in [1.807, 2.05) is 0 Å². The van der Waals surface area contributed by atoms with Gasteiger partial charge in [-0.15, -0.1) is 0 Å². The Hall–Kier alpha value is -0.870. The molecule has 1 unspecified atom stereocenters. The summed E-state index contributed by atoms with van der Waals surface area (Å²) in [4.78, 5) is 4.72. The van der Waals surface area contributed by atoms with Gasteiger partial charge >= 0.3 is 0 Å². The zero-order valence-electron chi connectivity index (χ0n) is 10.8. The fraction of sp³-hybridized carbons (Fsp3) is 0.769. The standard InChI is InChI=1S/C13H21N3O/c1-10-15-11-8-14-6-4-12(11)16(10)13(2)5-3-7-17-9-13/h14H,3-9H2,1-2H3. The first-order chi connectivity index (χ1) is 8.21. The number of aryl methyl sites for hydroxylation is 1. The fourth-order valence-corrected chi connectivity index (χ4v) is 3.26. The Kier molecular flexibility index (Phi) is 2.71. The van der Waals surface area contributed by atoms with Gasteiger partial charge in [0.05, 0.1) is 17.8 Å². The van der Waals surface area contributed by atoms with E-state index >= 15 is 0 Å². The Bertz CT molecular complexity index is 419. The van der Waals surface area contributed by atoms with E-state index in [0.717, 1.165) is 45.0 Å². The highest BCUT2D eigenvalue weighted by Crippen LogP contribution is 2.31. The lowest BCUT2D eigenvalue weighted by atomic mass is 9.93. The van der Waals surface area contributed by atoms with Gasteiger partial charge in [-0.25, -0.2) is 4.98 Å². The first-order valence-electron chi connectivity index (χ1n) is 6.57. The molecule has 2 aliphatic heterocycles. The van der Waals surface area contributed by atoms with Crippen molar-refractivity contribution in [2.75, 3.05) is 19.8 Å². The minimum Gasteiger partial charge on any atom is -0.379 e. The molecule has 4 nitrogen and oxygen atoms in total. The Morgan fingerprint density at radius 1 is 1.47 bits per heavy atom. The minimum atomic E-state index is 0.111. The van der Waals surface area contributed by atoms with Gasteiger partial charge < -0.3 is 14.6 Å². The smallest absolute Gasteiger partial charge is 0.106 e. The van der Waals surface area contributed by atoms with Crippen LogP contribution >= 0.6 is 0 Å². The maximum absolute atomic E-state index is 5.69. The molecule has 3 rings (SSSR count). The van der Waals surface area contributed by atoms with Crippen molar-refractivity contribution in [3.63, 3.8) is 0 Å². The molecule has 0 amide bonds. The first kappa shape index (κ1) is 11.2. The number of fused-ring (bicyclic) bond motifs is 1. The molecule has 0 aliphatic carbocycles. The van der Waals surface area contributed by atoms with Gasteiger partial charge in [-0.3, -0.25) is 0 Å². The SMILES string of the molecule is Cc1nc2c(n1C1(C)CCCOC1)CCNC2. The van der Waals surface area contributed by atoms with Gasteiger partial charge in [0.1, 0.15) is 5.82 Å². The second-order valence-electron chi connectivity index (χ2n) is 5.47. The molecule has 0 radical (unpaired) electrons. The van der Waals surface area contributed by atoms with Crippen molar-refractivity contribution in [1.29, 1.82) is 0 Å². The van der Waals surface area contributed by atoms with E-state index in [9.17, 15) is 0 Å². The summed E-state index contributed by atoms with van der Waals surface area (Å²) in [5.74, 6) is 1.15. The van der Waals surface area contributed by atoms with Crippen LogP contribution in [0, 0.1) is 6.92 Å². The topological polar surface area (TPSA) is 39.1 Å². The molecule has 1 N–H and O–H groups in total. The molecule has 17 heavy (non-hydrogen) atoms. The van der Waals surface area contributed by atoms with Gasteiger partial charge in [-0.05, 0) is 26.7 Å². The lowest BCUT2D eigenvalue weighted by Gasteiger charge is -2.37. The average Bonchev–Trinajstić information content (AvgIpc) is 2.66. The molecule has 1 aromatic heterocycles. The van der Waals surface area contributed by atoms with Crippen molar-refractivity contribution in [1.82, 2.24) is 14.9 Å². The molecule has 1 saturated heterocycles. The van der Waals surface area contributed by atoms with Crippen LogP contribution in [-0.2, 0) is 23.2 Å². The number of nitrogens with one attached hydrogen (secondary N) is 1. The van der Waals surface area contributed by atoms with E-state index in [4.69, 9.17) is 9.72 Å². The lowest BCUT2D eigenvalue weighted by molar-refractivity contribution is 0.00720. The van der Waals surface area contributed by atoms with Gasteiger partial charge in [0, 0.05) is 31.8 Å². The van der Waals surface area contributed by atoms with Gasteiger partial charge in [-0.2, -0.15) is 0 Å². The third kappa shape index (κ3) is 1.79. The molecule has 94 valence electrons. The Labute approximate surface area is 102 Å². The summed E-state index contributed by atoms with van der Waals surface area (Å²) in [7, 11) is 0. The van der Waals surface area contributed by atoms with Crippen molar-refractivity contribution >= 4 is 0 Å². The van der Waals surface area contributed by atoms with Crippen LogP contribution in [0.5, 0.6) is 0 Å². The molecule has 1 aromatic rings. The van der Waals surface area contributed by atoms with Crippen molar-refractivity contribution < 1.29 is 4.74 Å². The summed E-state index contributed by atoms with van der Waals surface area (Å²) in [6.45, 7) is 8.15. The molecule has 0 spiro atoms. The van der Waals surface area contributed by atoms with Crippen LogP contribution in [0.25, 0.3) is 0 Å². The second kappa shape index (κ2) is 4.10. The highest BCUT2D eigenvalue weighted by atomic mass is 16.5. The van der Waals surface area contributed by atoms with Crippen molar-refractivity contribution in [2.45, 2.75) is 45.2 Å². The van der Waals surface area contributed by atoms with Crippen LogP contribution in [-0.4, -0.2) is 29.3 Å². The van der Waals surface area contributed by atoms with Gasteiger partial charge in [-0.1, -0.05) is 0 Å². The van der Waals surface area contributed by atoms with E-state index in [1.165, 1.54) is 17.8 Å². The van der Waals surface area contributed by atoms with Crippen LogP contribution in [0.4, 0.5) is 0 Å². The molecule has 0 bridgehead atoms. The number of imidazole rings is 1. The van der Waals surface area contributed by atoms with Gasteiger partial charge in [0.15, 0.2) is 0 Å². The summed E-state index contributed by atoms with van der Waals surface area (Å²) in [5.41, 5.74) is 2.77. The molecule has 2 aliphatic rings. The van der Waals surface area contributed by atoms with Crippen molar-refractivity contribution in [3.8, 4) is 0 Å². The highest BCUT2D eigenvalue weighted by molar-refractivity contribution is 5.22. The number of ether oxygens (including phenoxy) is 1. The van der Waals surface area contributed by atoms with E-state index in [-0.39, 0.29) is 5.54 Å². The number of hydrogen-bond acceptors (Lipinski definition) is 3. The fourth-order valence-electron chi connectivity index (χ4n) is 3.26. The third-order valence-corrected chi connectivity index (χ3v) is 4.01. The predicted molar refractivity (Wildman–Crippen MR) is 66.1 cm³/mol. The van der Waals surface area contributed by atoms with Crippen LogP contribution in [0.3, 0.4) is 0 Å². The van der Waals surface area contributed by atoms with Crippen molar-refractivity contribution in [3.05, 3.63) is 17.2 Å². The third-order valence-electron chi connectivity index (χ3n) is 4.01. The molecular weight excluding hydrogens is 214 g/mol. The summed E-state index contributed by atoms with van der Waals surface area (Å²) in [5, 5.41) is 3.39. The predicted octanol–water partition coefficient (Wildman–Crippen LogP) is 1.36. The molecule has 3 heterocycles. The second-order valence-corrected chi connectivity index (χ2v) is 5.47. The van der Waals surface area contributed by atoms with Gasteiger partial charge in [0.2, 0.25) is 0 Å². The lowest BCUT2D eigenvalue weighted by Crippen LogP contribution is -2.41. The van der Waals surface area contributed by atoms with Crippen molar-refractivity contribution in [2.24, 2.45) is 0 Å². The van der Waals surface area contributed by atoms with Crippen LogP contribution in [0.1, 0.15) is 37.0 Å². The first-order valence-corrected chi connectivity index (χ1v) is 6.57. The number of nitrogens with zero attached hydrogens (tertiary/aromatic N) is 2. The summed E-state index contributed by atoms with van der Waals surface area (Å²) >= 11 is 0. The largest absolute Gasteiger partial charge is 0.379 e. The van der Waals surface area contributed by atoms with E-state index in [1.54, 1.807) is 0 Å². The normalized spacial score (nSPS) is 29.1. The quantitative estimate of drug-likeness (QED) is 0.799. The van der Waals surface area contributed by atoms with E-state index in [0.29, 0.717) is 0 Å². The summed E-state index contributed by atoms with van der Waals surface area (Å²) in [6.07, 6.45) is 3.44. The molecule has 1 atom stereocenters. The van der Waals surface area contributed by atoms with Crippen LogP contribution < -0.4 is 5.32 Å². The van der Waals surface area contributed by atoms with E-state index in [2.05, 4.69) is 23.7 Å². The zero-order chi connectivity index (χ0) is 11.9. The molecule has 4 heteroatoms. The molecule has 1 fully saturated rings. The Morgan fingerprint density at radius 3 is 3.12 bits per heavy atom. The molecule has 0 aromatic carbocycles. The molecular formula is C13H21N3O. The van der Waals surface area contributed by atoms with Crippen LogP contribution in [0.2, 0.25) is 0 Å². The average molecular weight is 235 g/mol. The number of hydrogen-bond donors (Lipinski definition) is 1. The maximum atomic E-state index is 5.69. The molecule has 0 saturated carbocycles. The summed E-state index contributed by atoms with van der Waals surface area (Å²) < 4.78 is 8.14. The number of aromatic nitrogens is 2. The Balaban J connectivity index is 2.04. The van der Waals surface area contributed by atoms with Crippen LogP contribution in [0.15, 0.2) is 0 Å².